The lowest BCUT2D eigenvalue weighted by atomic mass is 9.74. The molecule has 2 aromatic rings. The van der Waals surface area contributed by atoms with Crippen molar-refractivity contribution in [3.8, 4) is 0 Å². The van der Waals surface area contributed by atoms with Crippen LogP contribution in [0, 0.1) is 0 Å². The van der Waals surface area contributed by atoms with Gasteiger partial charge in [0.2, 0.25) is 0 Å². The summed E-state index contributed by atoms with van der Waals surface area (Å²) in [7, 11) is 1.93. The van der Waals surface area contributed by atoms with Crippen molar-refractivity contribution < 1.29 is 5.11 Å². The summed E-state index contributed by atoms with van der Waals surface area (Å²) in [5, 5.41) is 15.0. The standard InChI is InChI=1S/C18H24N2O/c1-20-14-15(13-19-20)7-10-18(21)11-8-17(9-12-18)16-5-3-2-4-6-16/h2-6,13-14,17,21H,7-12H2,1H3. The van der Waals surface area contributed by atoms with E-state index in [1.54, 1.807) is 0 Å². The van der Waals surface area contributed by atoms with Crippen LogP contribution in [0.2, 0.25) is 0 Å². The van der Waals surface area contributed by atoms with E-state index in [0.29, 0.717) is 5.92 Å². The van der Waals surface area contributed by atoms with Crippen molar-refractivity contribution in [2.24, 2.45) is 7.05 Å². The van der Waals surface area contributed by atoms with E-state index in [-0.39, 0.29) is 0 Å². The number of hydrogen-bond donors (Lipinski definition) is 1. The van der Waals surface area contributed by atoms with Crippen LogP contribution in [0.25, 0.3) is 0 Å². The molecular formula is C18H24N2O. The van der Waals surface area contributed by atoms with Crippen molar-refractivity contribution in [2.45, 2.75) is 50.0 Å². The Balaban J connectivity index is 1.54. The predicted octanol–water partition coefficient (Wildman–Crippen LogP) is 3.44. The van der Waals surface area contributed by atoms with Crippen LogP contribution in [-0.2, 0) is 13.5 Å². The first kappa shape index (κ1) is 14.3. The van der Waals surface area contributed by atoms with Gasteiger partial charge >= 0.3 is 0 Å². The zero-order valence-electron chi connectivity index (χ0n) is 12.7. The van der Waals surface area contributed by atoms with E-state index in [0.717, 1.165) is 38.5 Å². The van der Waals surface area contributed by atoms with Gasteiger partial charge in [0, 0.05) is 13.2 Å². The molecule has 1 saturated carbocycles. The number of aliphatic hydroxyl groups is 1. The highest BCUT2D eigenvalue weighted by Crippen LogP contribution is 2.39. The first-order valence-electron chi connectivity index (χ1n) is 7.89. The van der Waals surface area contributed by atoms with Crippen molar-refractivity contribution in [2.75, 3.05) is 0 Å². The SMILES string of the molecule is Cn1cc(CCC2(O)CCC(c3ccccc3)CC2)cn1. The molecule has 3 nitrogen and oxygen atoms in total. The maximum absolute atomic E-state index is 10.8. The maximum Gasteiger partial charge on any atom is 0.0651 e. The van der Waals surface area contributed by atoms with Gasteiger partial charge in [-0.05, 0) is 55.6 Å². The monoisotopic (exact) mass is 284 g/mol. The van der Waals surface area contributed by atoms with Crippen LogP contribution in [0.15, 0.2) is 42.7 Å². The Bertz CT molecular complexity index is 568. The number of aryl methyl sites for hydroxylation is 2. The Morgan fingerprint density at radius 1 is 1.24 bits per heavy atom. The fourth-order valence-electron chi connectivity index (χ4n) is 3.44. The van der Waals surface area contributed by atoms with Gasteiger partial charge in [-0.25, -0.2) is 0 Å². The van der Waals surface area contributed by atoms with Crippen molar-refractivity contribution in [1.82, 2.24) is 9.78 Å². The van der Waals surface area contributed by atoms with Gasteiger partial charge in [-0.1, -0.05) is 30.3 Å². The lowest BCUT2D eigenvalue weighted by Gasteiger charge is -2.36. The van der Waals surface area contributed by atoms with E-state index in [4.69, 9.17) is 0 Å². The Hall–Kier alpha value is -1.61. The molecule has 112 valence electrons. The zero-order valence-corrected chi connectivity index (χ0v) is 12.7. The van der Waals surface area contributed by atoms with Crippen LogP contribution in [-0.4, -0.2) is 20.5 Å². The maximum atomic E-state index is 10.8. The highest BCUT2D eigenvalue weighted by molar-refractivity contribution is 5.20. The summed E-state index contributed by atoms with van der Waals surface area (Å²) < 4.78 is 1.83. The summed E-state index contributed by atoms with van der Waals surface area (Å²) in [6.07, 6.45) is 9.71. The fraction of sp³-hybridized carbons (Fsp3) is 0.500. The van der Waals surface area contributed by atoms with Gasteiger partial charge in [-0.15, -0.1) is 0 Å². The largest absolute Gasteiger partial charge is 0.390 e. The van der Waals surface area contributed by atoms with Crippen LogP contribution < -0.4 is 0 Å². The fourth-order valence-corrected chi connectivity index (χ4v) is 3.44. The van der Waals surface area contributed by atoms with E-state index in [2.05, 4.69) is 35.4 Å². The van der Waals surface area contributed by atoms with E-state index in [1.165, 1.54) is 11.1 Å². The molecule has 1 aromatic carbocycles. The van der Waals surface area contributed by atoms with E-state index >= 15 is 0 Å². The van der Waals surface area contributed by atoms with Gasteiger partial charge in [-0.3, -0.25) is 4.68 Å². The minimum atomic E-state index is -0.485. The molecule has 0 spiro atoms. The number of hydrogen-bond acceptors (Lipinski definition) is 2. The van der Waals surface area contributed by atoms with Crippen molar-refractivity contribution >= 4 is 0 Å². The first-order chi connectivity index (χ1) is 10.1. The second-order valence-electron chi connectivity index (χ2n) is 6.43. The molecule has 3 rings (SSSR count). The lowest BCUT2D eigenvalue weighted by Crippen LogP contribution is -2.34. The smallest absolute Gasteiger partial charge is 0.0651 e. The summed E-state index contributed by atoms with van der Waals surface area (Å²) in [5.41, 5.74) is 2.16. The average Bonchev–Trinajstić information content (AvgIpc) is 2.93. The number of benzene rings is 1. The van der Waals surface area contributed by atoms with Gasteiger partial charge < -0.3 is 5.11 Å². The Kier molecular flexibility index (Phi) is 4.11. The molecule has 0 radical (unpaired) electrons. The second kappa shape index (κ2) is 6.02. The van der Waals surface area contributed by atoms with Gasteiger partial charge in [0.1, 0.15) is 0 Å². The first-order valence-corrected chi connectivity index (χ1v) is 7.89. The van der Waals surface area contributed by atoms with Crippen LogP contribution in [0.3, 0.4) is 0 Å². The van der Waals surface area contributed by atoms with Crippen LogP contribution in [0.5, 0.6) is 0 Å². The zero-order chi connectivity index (χ0) is 14.7. The Labute approximate surface area is 126 Å². The Morgan fingerprint density at radius 3 is 2.57 bits per heavy atom. The number of rotatable bonds is 4. The second-order valence-corrected chi connectivity index (χ2v) is 6.43. The Morgan fingerprint density at radius 2 is 1.95 bits per heavy atom. The molecule has 0 amide bonds. The van der Waals surface area contributed by atoms with E-state index < -0.39 is 5.60 Å². The molecule has 1 N–H and O–H groups in total. The summed E-state index contributed by atoms with van der Waals surface area (Å²) >= 11 is 0. The summed E-state index contributed by atoms with van der Waals surface area (Å²) in [6, 6.07) is 10.7. The average molecular weight is 284 g/mol. The molecule has 0 bridgehead atoms. The third kappa shape index (κ3) is 3.53. The third-order valence-electron chi connectivity index (χ3n) is 4.82. The number of nitrogens with zero attached hydrogens (tertiary/aromatic N) is 2. The van der Waals surface area contributed by atoms with Gasteiger partial charge in [0.05, 0.1) is 11.8 Å². The highest BCUT2D eigenvalue weighted by Gasteiger charge is 2.33. The van der Waals surface area contributed by atoms with Gasteiger partial charge in [-0.2, -0.15) is 5.10 Å². The topological polar surface area (TPSA) is 38.0 Å². The molecule has 0 unspecified atom stereocenters. The van der Waals surface area contributed by atoms with Gasteiger partial charge in [0.25, 0.3) is 0 Å². The molecule has 0 saturated heterocycles. The summed E-state index contributed by atoms with van der Waals surface area (Å²) in [6.45, 7) is 0. The van der Waals surface area contributed by atoms with Gasteiger partial charge in [0.15, 0.2) is 0 Å². The molecular weight excluding hydrogens is 260 g/mol. The minimum absolute atomic E-state index is 0.485. The van der Waals surface area contributed by atoms with Crippen molar-refractivity contribution in [1.29, 1.82) is 0 Å². The van der Waals surface area contributed by atoms with Crippen LogP contribution >= 0.6 is 0 Å². The summed E-state index contributed by atoms with van der Waals surface area (Å²) in [4.78, 5) is 0. The number of aromatic nitrogens is 2. The quantitative estimate of drug-likeness (QED) is 0.934. The summed E-state index contributed by atoms with van der Waals surface area (Å²) in [5.74, 6) is 0.616. The molecule has 3 heteroatoms. The molecule has 1 aromatic heterocycles. The lowest BCUT2D eigenvalue weighted by molar-refractivity contribution is -0.00817. The predicted molar refractivity (Wildman–Crippen MR) is 84.1 cm³/mol. The molecule has 1 fully saturated rings. The van der Waals surface area contributed by atoms with Crippen LogP contribution in [0.4, 0.5) is 0 Å². The highest BCUT2D eigenvalue weighted by atomic mass is 16.3. The van der Waals surface area contributed by atoms with Crippen molar-refractivity contribution in [3.63, 3.8) is 0 Å². The minimum Gasteiger partial charge on any atom is -0.390 e. The molecule has 1 aliphatic carbocycles. The molecule has 21 heavy (non-hydrogen) atoms. The van der Waals surface area contributed by atoms with E-state index in [1.807, 2.05) is 24.1 Å². The molecule has 0 aliphatic heterocycles. The molecule has 1 aliphatic rings. The third-order valence-corrected chi connectivity index (χ3v) is 4.82. The van der Waals surface area contributed by atoms with Crippen molar-refractivity contribution in [3.05, 3.63) is 53.9 Å². The van der Waals surface area contributed by atoms with Crippen LogP contribution in [0.1, 0.15) is 49.1 Å². The normalized spacial score (nSPS) is 25.9. The van der Waals surface area contributed by atoms with E-state index in [9.17, 15) is 5.11 Å². The molecule has 1 heterocycles. The molecule has 0 atom stereocenters.